The van der Waals surface area contributed by atoms with Crippen LogP contribution in [0.4, 0.5) is 14.9 Å². The summed E-state index contributed by atoms with van der Waals surface area (Å²) in [6, 6.07) is 2.15. The highest BCUT2D eigenvalue weighted by Gasteiger charge is 2.30. The third-order valence-electron chi connectivity index (χ3n) is 4.89. The summed E-state index contributed by atoms with van der Waals surface area (Å²) in [6.07, 6.45) is 0. The quantitative estimate of drug-likeness (QED) is 0.474. The van der Waals surface area contributed by atoms with E-state index in [1.807, 2.05) is 19.9 Å². The van der Waals surface area contributed by atoms with Crippen LogP contribution in [0.15, 0.2) is 14.6 Å². The van der Waals surface area contributed by atoms with E-state index in [1.165, 1.54) is 19.9 Å². The van der Waals surface area contributed by atoms with Gasteiger partial charge in [0.15, 0.2) is 9.92 Å². The number of thiazole rings is 1. The number of aliphatic hydroxyl groups excluding tert-OH is 1. The van der Waals surface area contributed by atoms with Crippen molar-refractivity contribution in [3.8, 4) is 6.07 Å². The second kappa shape index (κ2) is 9.82. The van der Waals surface area contributed by atoms with Crippen LogP contribution in [0.5, 0.6) is 0 Å². The van der Waals surface area contributed by atoms with Gasteiger partial charge in [0, 0.05) is 5.56 Å². The number of urea groups is 1. The van der Waals surface area contributed by atoms with Gasteiger partial charge in [0.1, 0.15) is 26.7 Å². The van der Waals surface area contributed by atoms with Crippen LogP contribution in [0, 0.1) is 24.1 Å². The molecule has 1 heterocycles. The molecule has 2 rings (SSSR count). The number of carbonyl (C=O) groups excluding carboxylic acids is 1. The molecule has 2 atom stereocenters. The number of nitriles is 1. The summed E-state index contributed by atoms with van der Waals surface area (Å²) in [7, 11) is -3.77. The lowest BCUT2D eigenvalue weighted by Crippen LogP contribution is -2.25. The van der Waals surface area contributed by atoms with E-state index in [4.69, 9.17) is 5.14 Å². The Morgan fingerprint density at radius 1 is 1.42 bits per heavy atom. The van der Waals surface area contributed by atoms with Gasteiger partial charge in [0.2, 0.25) is 0 Å². The Balaban J connectivity index is 2.58. The molecule has 1 aromatic carbocycles. The molecule has 180 valence electrons. The lowest BCUT2D eigenvalue weighted by atomic mass is 9.90. The molecule has 0 bridgehead atoms. The molecule has 0 aliphatic heterocycles. The summed E-state index contributed by atoms with van der Waals surface area (Å²) in [6.45, 7) is 9.29. The second-order valence-electron chi connectivity index (χ2n) is 8.45. The van der Waals surface area contributed by atoms with Crippen molar-refractivity contribution in [2.75, 3.05) is 11.9 Å². The van der Waals surface area contributed by atoms with E-state index in [9.17, 15) is 28.9 Å². The first-order chi connectivity index (χ1) is 15.2. The van der Waals surface area contributed by atoms with Crippen LogP contribution < -0.4 is 10.5 Å². The highest BCUT2D eigenvalue weighted by atomic mass is 32.2. The number of halogens is 1. The van der Waals surface area contributed by atoms with Gasteiger partial charge in [-0.2, -0.15) is 5.26 Å². The highest BCUT2D eigenvalue weighted by molar-refractivity contribution is 7.93. The van der Waals surface area contributed by atoms with Gasteiger partial charge in [0.05, 0.1) is 23.6 Å². The van der Waals surface area contributed by atoms with Crippen molar-refractivity contribution in [3.05, 3.63) is 39.3 Å². The number of aryl methyl sites for hydroxylation is 1. The molecule has 2 amide bonds. The summed E-state index contributed by atoms with van der Waals surface area (Å²) in [5, 5.41) is 37.3. The van der Waals surface area contributed by atoms with Crippen LogP contribution in [0.1, 0.15) is 73.8 Å². The van der Waals surface area contributed by atoms with Gasteiger partial charge in [-0.1, -0.05) is 27.7 Å². The molecule has 2 unspecified atom stereocenters. The predicted octanol–water partition coefficient (Wildman–Crippen LogP) is 3.84. The number of nitrogens with two attached hydrogens (primary N) is 1. The third kappa shape index (κ3) is 5.56. The van der Waals surface area contributed by atoms with E-state index in [1.54, 1.807) is 13.8 Å². The molecule has 12 heteroatoms. The zero-order valence-electron chi connectivity index (χ0n) is 19.3. The van der Waals surface area contributed by atoms with Crippen molar-refractivity contribution >= 4 is 33.0 Å². The van der Waals surface area contributed by atoms with E-state index in [0.29, 0.717) is 5.56 Å². The van der Waals surface area contributed by atoms with Crippen LogP contribution >= 0.6 is 11.3 Å². The summed E-state index contributed by atoms with van der Waals surface area (Å²) in [5.74, 6) is -1.28. The molecule has 2 aromatic rings. The van der Waals surface area contributed by atoms with Gasteiger partial charge in [-0.3, -0.25) is 0 Å². The van der Waals surface area contributed by atoms with E-state index in [2.05, 4.69) is 14.7 Å². The summed E-state index contributed by atoms with van der Waals surface area (Å²) >= 11 is 0.778. The van der Waals surface area contributed by atoms with E-state index < -0.39 is 34.0 Å². The summed E-state index contributed by atoms with van der Waals surface area (Å²) in [5.41, 5.74) is -0.792. The Morgan fingerprint density at radius 2 is 2.03 bits per heavy atom. The number of hydrogen-bond donors (Lipinski definition) is 4. The number of aliphatic hydroxyl groups is 2. The van der Waals surface area contributed by atoms with Gasteiger partial charge in [-0.05, 0) is 37.3 Å². The molecule has 0 saturated carbocycles. The number of benzene rings is 1. The monoisotopic (exact) mass is 497 g/mol. The smallest absolute Gasteiger partial charge is 0.354 e. The SMILES string of the molecule is Cc1nc(C(C)(O)CO)sc1S(N)(=O)=NC(=O)Nc1c(C(C)C)cc(C#N)c(F)c1C(C)C. The van der Waals surface area contributed by atoms with Crippen molar-refractivity contribution in [2.24, 2.45) is 9.50 Å². The predicted molar refractivity (Wildman–Crippen MR) is 125 cm³/mol. The molecule has 0 saturated heterocycles. The number of carbonyl (C=O) groups is 1. The molecule has 0 radical (unpaired) electrons. The fourth-order valence-corrected chi connectivity index (χ4v) is 5.67. The number of rotatable bonds is 6. The van der Waals surface area contributed by atoms with Crippen molar-refractivity contribution in [2.45, 2.75) is 63.2 Å². The minimum atomic E-state index is -3.77. The first-order valence-corrected chi connectivity index (χ1v) is 12.5. The minimum absolute atomic E-state index is 0.0273. The molecule has 0 spiro atoms. The number of nitrogens with zero attached hydrogens (tertiary/aromatic N) is 3. The van der Waals surface area contributed by atoms with E-state index in [-0.39, 0.29) is 43.6 Å². The van der Waals surface area contributed by atoms with E-state index in [0.717, 1.165) is 11.3 Å². The third-order valence-corrected chi connectivity index (χ3v) is 8.32. The van der Waals surface area contributed by atoms with Gasteiger partial charge in [0.25, 0.3) is 0 Å². The molecular formula is C21H28FN5O4S2. The van der Waals surface area contributed by atoms with Gasteiger partial charge < -0.3 is 15.5 Å². The van der Waals surface area contributed by atoms with Gasteiger partial charge in [-0.25, -0.2) is 23.5 Å². The number of amides is 2. The number of hydrogen-bond acceptors (Lipinski definition) is 7. The summed E-state index contributed by atoms with van der Waals surface area (Å²) < 4.78 is 31.6. The van der Waals surface area contributed by atoms with Crippen LogP contribution in [-0.4, -0.2) is 32.0 Å². The van der Waals surface area contributed by atoms with Crippen LogP contribution in [0.3, 0.4) is 0 Å². The maximum absolute atomic E-state index is 14.9. The highest BCUT2D eigenvalue weighted by Crippen LogP contribution is 2.37. The van der Waals surface area contributed by atoms with Crippen LogP contribution in [0.2, 0.25) is 0 Å². The molecule has 0 aliphatic carbocycles. The molecular weight excluding hydrogens is 469 g/mol. The van der Waals surface area contributed by atoms with Crippen molar-refractivity contribution in [1.29, 1.82) is 5.26 Å². The van der Waals surface area contributed by atoms with Crippen molar-refractivity contribution in [3.63, 3.8) is 0 Å². The number of nitrogens with one attached hydrogen (secondary N) is 1. The molecule has 1 aromatic heterocycles. The fraction of sp³-hybridized carbons (Fsp3) is 0.476. The Bertz CT molecular complexity index is 1240. The zero-order chi connectivity index (χ0) is 25.3. The Hall–Kier alpha value is -2.43. The largest absolute Gasteiger partial charge is 0.393 e. The van der Waals surface area contributed by atoms with E-state index >= 15 is 0 Å². The minimum Gasteiger partial charge on any atom is -0.393 e. The Kier molecular flexibility index (Phi) is 7.98. The van der Waals surface area contributed by atoms with Crippen LogP contribution in [0.25, 0.3) is 0 Å². The van der Waals surface area contributed by atoms with Gasteiger partial charge in [-0.15, -0.1) is 15.7 Å². The number of aromatic nitrogens is 1. The maximum Gasteiger partial charge on any atom is 0.354 e. The van der Waals surface area contributed by atoms with Crippen molar-refractivity contribution in [1.82, 2.24) is 4.98 Å². The average molecular weight is 498 g/mol. The number of anilines is 1. The molecule has 0 fully saturated rings. The van der Waals surface area contributed by atoms with Crippen molar-refractivity contribution < 1.29 is 23.6 Å². The molecule has 5 N–H and O–H groups in total. The molecule has 9 nitrogen and oxygen atoms in total. The summed E-state index contributed by atoms with van der Waals surface area (Å²) in [4.78, 5) is 16.9. The fourth-order valence-electron chi connectivity index (χ4n) is 3.17. The topological polar surface area (TPSA) is 162 Å². The molecule has 0 aliphatic rings. The maximum atomic E-state index is 14.9. The first-order valence-electron chi connectivity index (χ1n) is 10.1. The lowest BCUT2D eigenvalue weighted by molar-refractivity contribution is -0.00251. The van der Waals surface area contributed by atoms with Gasteiger partial charge >= 0.3 is 6.03 Å². The normalized spacial score (nSPS) is 15.1. The standard InChI is InChI=1S/C21H28FN5O4S2/c1-10(2)14-7-13(8-23)16(22)15(11(3)4)17(14)26-20(29)27-33(24,31)18-12(5)25-19(32-18)21(6,30)9-28/h7,10-11,28,30H,9H2,1-6H3,(H3,24,26,27,29,31). The first kappa shape index (κ1) is 26.8. The molecule has 33 heavy (non-hydrogen) atoms. The average Bonchev–Trinajstić information content (AvgIpc) is 3.10. The second-order valence-corrected chi connectivity index (χ2v) is 11.4. The Morgan fingerprint density at radius 3 is 2.52 bits per heavy atom. The van der Waals surface area contributed by atoms with Crippen LogP contribution in [-0.2, 0) is 15.5 Å². The zero-order valence-corrected chi connectivity index (χ0v) is 20.9. The lowest BCUT2D eigenvalue weighted by Gasteiger charge is -2.21. The Labute approximate surface area is 196 Å².